The molecule has 0 atom stereocenters. The molecule has 0 saturated carbocycles. The van der Waals surface area contributed by atoms with Crippen molar-refractivity contribution in [2.75, 3.05) is 12.4 Å². The number of rotatable bonds is 2. The molecule has 0 amide bonds. The van der Waals surface area contributed by atoms with Gasteiger partial charge in [-0.3, -0.25) is 0 Å². The first-order valence-corrected chi connectivity index (χ1v) is 5.17. The standard InChI is InChI=1S/C12H15N3/c1-8(2)9-6-4-5-7-10-11(9)15-12(13-3)14-10/h4-8H,1-3H3,(H,13,14,15). The Kier molecular flexibility index (Phi) is 2.54. The highest BCUT2D eigenvalue weighted by molar-refractivity contribution is 5.64. The molecule has 78 valence electrons. The molecule has 0 saturated heterocycles. The second kappa shape index (κ2) is 3.85. The SMILES string of the molecule is CNc1nc2ccccc(C(C)C)c-2n1. The molecule has 0 bridgehead atoms. The molecule has 0 fully saturated rings. The number of aromatic nitrogens is 2. The molecule has 0 unspecified atom stereocenters. The van der Waals surface area contributed by atoms with Gasteiger partial charge in [0.15, 0.2) is 0 Å². The van der Waals surface area contributed by atoms with Crippen molar-refractivity contribution in [3.05, 3.63) is 29.8 Å². The molecule has 0 aromatic heterocycles. The molecule has 1 aliphatic heterocycles. The summed E-state index contributed by atoms with van der Waals surface area (Å²) in [5.74, 6) is 1.15. The van der Waals surface area contributed by atoms with Gasteiger partial charge in [-0.25, -0.2) is 9.97 Å². The molecule has 0 aromatic rings. The van der Waals surface area contributed by atoms with Crippen LogP contribution in [0.5, 0.6) is 0 Å². The van der Waals surface area contributed by atoms with Crippen molar-refractivity contribution in [2.45, 2.75) is 19.8 Å². The molecule has 0 aromatic carbocycles. The zero-order valence-corrected chi connectivity index (χ0v) is 9.28. The zero-order valence-electron chi connectivity index (χ0n) is 9.28. The lowest BCUT2D eigenvalue weighted by Crippen LogP contribution is -1.90. The Balaban J connectivity index is 2.65. The van der Waals surface area contributed by atoms with Crippen LogP contribution in [-0.4, -0.2) is 17.0 Å². The fourth-order valence-corrected chi connectivity index (χ4v) is 1.65. The van der Waals surface area contributed by atoms with Crippen molar-refractivity contribution in [3.63, 3.8) is 0 Å². The molecule has 0 radical (unpaired) electrons. The molecule has 2 rings (SSSR count). The van der Waals surface area contributed by atoms with Crippen LogP contribution in [0.25, 0.3) is 11.4 Å². The summed E-state index contributed by atoms with van der Waals surface area (Å²) >= 11 is 0. The van der Waals surface area contributed by atoms with Crippen LogP contribution in [0.15, 0.2) is 24.3 Å². The van der Waals surface area contributed by atoms with Crippen LogP contribution in [0.3, 0.4) is 0 Å². The van der Waals surface area contributed by atoms with Crippen LogP contribution < -0.4 is 5.32 Å². The molecule has 3 nitrogen and oxygen atoms in total. The van der Waals surface area contributed by atoms with Crippen molar-refractivity contribution in [2.24, 2.45) is 0 Å². The summed E-state index contributed by atoms with van der Waals surface area (Å²) in [6, 6.07) is 8.15. The first-order chi connectivity index (χ1) is 7.22. The van der Waals surface area contributed by atoms with E-state index in [1.807, 2.05) is 25.2 Å². The number of nitrogens with zero attached hydrogens (tertiary/aromatic N) is 2. The van der Waals surface area contributed by atoms with E-state index in [1.54, 1.807) is 0 Å². The second-order valence-corrected chi connectivity index (χ2v) is 3.86. The van der Waals surface area contributed by atoms with Crippen LogP contribution in [0.1, 0.15) is 25.3 Å². The third kappa shape index (κ3) is 1.77. The number of hydrogen-bond donors (Lipinski definition) is 1. The minimum Gasteiger partial charge on any atom is -0.357 e. The minimum atomic E-state index is 0.460. The normalized spacial score (nSPS) is 10.9. The Morgan fingerprint density at radius 1 is 1.13 bits per heavy atom. The van der Waals surface area contributed by atoms with Gasteiger partial charge in [0, 0.05) is 7.05 Å². The van der Waals surface area contributed by atoms with Gasteiger partial charge in [-0.15, -0.1) is 0 Å². The molecular weight excluding hydrogens is 186 g/mol. The fourth-order valence-electron chi connectivity index (χ4n) is 1.65. The topological polar surface area (TPSA) is 37.8 Å². The van der Waals surface area contributed by atoms with Gasteiger partial charge >= 0.3 is 0 Å². The van der Waals surface area contributed by atoms with Gasteiger partial charge in [0.25, 0.3) is 0 Å². The number of anilines is 1. The summed E-state index contributed by atoms with van der Waals surface area (Å²) in [5.41, 5.74) is 3.19. The van der Waals surface area contributed by atoms with E-state index < -0.39 is 0 Å². The minimum absolute atomic E-state index is 0.460. The number of hydrogen-bond acceptors (Lipinski definition) is 3. The Bertz CT molecular complexity index is 437. The third-order valence-electron chi connectivity index (χ3n) is 2.45. The van der Waals surface area contributed by atoms with E-state index in [1.165, 1.54) is 5.56 Å². The molecule has 1 heterocycles. The average molecular weight is 201 g/mol. The summed E-state index contributed by atoms with van der Waals surface area (Å²) < 4.78 is 0. The maximum absolute atomic E-state index is 4.47. The number of fused-ring (bicyclic) bond motifs is 1. The van der Waals surface area contributed by atoms with Gasteiger partial charge in [-0.05, 0) is 17.5 Å². The molecule has 1 aliphatic carbocycles. The summed E-state index contributed by atoms with van der Waals surface area (Å²) in [6.45, 7) is 4.34. The highest BCUT2D eigenvalue weighted by atomic mass is 15.1. The van der Waals surface area contributed by atoms with Gasteiger partial charge in [-0.1, -0.05) is 32.0 Å². The zero-order chi connectivity index (χ0) is 10.8. The third-order valence-corrected chi connectivity index (χ3v) is 2.45. The molecule has 2 aliphatic rings. The maximum Gasteiger partial charge on any atom is 0.223 e. The molecule has 15 heavy (non-hydrogen) atoms. The predicted octanol–water partition coefficient (Wildman–Crippen LogP) is 2.75. The first kappa shape index (κ1) is 9.90. The number of imidazole rings is 1. The van der Waals surface area contributed by atoms with E-state index in [4.69, 9.17) is 0 Å². The first-order valence-electron chi connectivity index (χ1n) is 5.17. The lowest BCUT2D eigenvalue weighted by molar-refractivity contribution is 0.866. The molecule has 1 N–H and O–H groups in total. The van der Waals surface area contributed by atoms with Crippen LogP contribution >= 0.6 is 0 Å². The van der Waals surface area contributed by atoms with Crippen LogP contribution in [0.4, 0.5) is 5.95 Å². The lowest BCUT2D eigenvalue weighted by atomic mass is 10.0. The quantitative estimate of drug-likeness (QED) is 0.811. The van der Waals surface area contributed by atoms with E-state index in [-0.39, 0.29) is 0 Å². The van der Waals surface area contributed by atoms with Gasteiger partial charge in [-0.2, -0.15) is 0 Å². The van der Waals surface area contributed by atoms with Crippen molar-refractivity contribution in [3.8, 4) is 11.4 Å². The van der Waals surface area contributed by atoms with E-state index in [2.05, 4.69) is 35.2 Å². The Hall–Kier alpha value is -1.64. The second-order valence-electron chi connectivity index (χ2n) is 3.86. The van der Waals surface area contributed by atoms with Gasteiger partial charge in [0.05, 0.1) is 11.4 Å². The Morgan fingerprint density at radius 2 is 1.87 bits per heavy atom. The van der Waals surface area contributed by atoms with Gasteiger partial charge in [0.2, 0.25) is 5.95 Å². The molecular formula is C12H15N3. The fraction of sp³-hybridized carbons (Fsp3) is 0.333. The lowest BCUT2D eigenvalue weighted by Gasteiger charge is -2.04. The van der Waals surface area contributed by atoms with E-state index in [0.717, 1.165) is 11.4 Å². The van der Waals surface area contributed by atoms with E-state index in [0.29, 0.717) is 11.9 Å². The van der Waals surface area contributed by atoms with Crippen LogP contribution in [-0.2, 0) is 0 Å². The van der Waals surface area contributed by atoms with Crippen molar-refractivity contribution in [1.29, 1.82) is 0 Å². The largest absolute Gasteiger partial charge is 0.357 e. The number of nitrogens with one attached hydrogen (secondary N) is 1. The summed E-state index contributed by atoms with van der Waals surface area (Å²) in [4.78, 5) is 8.86. The Labute approximate surface area is 89.9 Å². The highest BCUT2D eigenvalue weighted by Crippen LogP contribution is 2.28. The monoisotopic (exact) mass is 201 g/mol. The van der Waals surface area contributed by atoms with Crippen molar-refractivity contribution in [1.82, 2.24) is 9.97 Å². The van der Waals surface area contributed by atoms with Crippen molar-refractivity contribution >= 4 is 5.95 Å². The van der Waals surface area contributed by atoms with Crippen LogP contribution in [0, 0.1) is 0 Å². The maximum atomic E-state index is 4.47. The Morgan fingerprint density at radius 3 is 2.53 bits per heavy atom. The van der Waals surface area contributed by atoms with Crippen LogP contribution in [0.2, 0.25) is 0 Å². The molecule has 0 spiro atoms. The smallest absolute Gasteiger partial charge is 0.223 e. The predicted molar refractivity (Wildman–Crippen MR) is 62.3 cm³/mol. The summed E-state index contributed by atoms with van der Waals surface area (Å²) in [7, 11) is 1.84. The average Bonchev–Trinajstić information content (AvgIpc) is 2.51. The highest BCUT2D eigenvalue weighted by Gasteiger charge is 2.14. The van der Waals surface area contributed by atoms with E-state index >= 15 is 0 Å². The summed E-state index contributed by atoms with van der Waals surface area (Å²) in [6.07, 6.45) is 0. The van der Waals surface area contributed by atoms with E-state index in [9.17, 15) is 0 Å². The van der Waals surface area contributed by atoms with Gasteiger partial charge in [0.1, 0.15) is 0 Å². The van der Waals surface area contributed by atoms with Gasteiger partial charge < -0.3 is 5.32 Å². The van der Waals surface area contributed by atoms with Crippen molar-refractivity contribution < 1.29 is 0 Å². The molecule has 3 heteroatoms. The summed E-state index contributed by atoms with van der Waals surface area (Å²) in [5, 5.41) is 2.97.